The minimum Gasteiger partial charge on any atom is -0.366 e. The van der Waals surface area contributed by atoms with Crippen LogP contribution in [0.3, 0.4) is 0 Å². The fourth-order valence-electron chi connectivity index (χ4n) is 2.34. The van der Waals surface area contributed by atoms with Gasteiger partial charge in [0, 0.05) is 5.56 Å². The first-order valence-electron chi connectivity index (χ1n) is 5.76. The lowest BCUT2D eigenvalue weighted by Crippen LogP contribution is -2.25. The van der Waals surface area contributed by atoms with E-state index in [1.54, 1.807) is 12.1 Å². The van der Waals surface area contributed by atoms with Gasteiger partial charge in [-0.05, 0) is 24.3 Å². The van der Waals surface area contributed by atoms with E-state index in [2.05, 4.69) is 0 Å². The smallest absolute Gasteiger partial charge is 0.249 e. The number of benzene rings is 2. The predicted octanol–water partition coefficient (Wildman–Crippen LogP) is 1.16. The molecule has 1 aliphatic heterocycles. The highest BCUT2D eigenvalue weighted by atomic mass is 32.2. The molecule has 0 unspecified atom stereocenters. The molecular weight excluding hydrogens is 278 g/mol. The van der Waals surface area contributed by atoms with Gasteiger partial charge in [-0.1, -0.05) is 18.2 Å². The van der Waals surface area contributed by atoms with E-state index in [0.29, 0.717) is 0 Å². The fraction of sp³-hybridized carbons (Fsp3) is 0. The van der Waals surface area contributed by atoms with E-state index < -0.39 is 21.5 Å². The van der Waals surface area contributed by atoms with E-state index in [4.69, 9.17) is 5.73 Å². The molecule has 0 spiro atoms. The number of nitrogens with two attached hydrogens (primary N) is 1. The van der Waals surface area contributed by atoms with Gasteiger partial charge >= 0.3 is 0 Å². The zero-order chi connectivity index (χ0) is 14.5. The van der Waals surface area contributed by atoms with Crippen LogP contribution in [-0.4, -0.2) is 20.1 Å². The zero-order valence-corrected chi connectivity index (χ0v) is 11.0. The molecule has 0 bridgehead atoms. The van der Waals surface area contributed by atoms with Crippen molar-refractivity contribution in [2.24, 2.45) is 5.73 Å². The summed E-state index contributed by atoms with van der Waals surface area (Å²) in [5, 5.41) is 0. The Morgan fingerprint density at radius 1 is 0.950 bits per heavy atom. The fourth-order valence-corrected chi connectivity index (χ4v) is 4.01. The predicted molar refractivity (Wildman–Crippen MR) is 70.3 cm³/mol. The Labute approximate surface area is 115 Å². The third-order valence-electron chi connectivity index (χ3n) is 3.23. The maximum Gasteiger partial charge on any atom is 0.249 e. The molecule has 1 aliphatic rings. The van der Waals surface area contributed by atoms with Gasteiger partial charge in [0.1, 0.15) is 0 Å². The summed E-state index contributed by atoms with van der Waals surface area (Å²) in [6.45, 7) is 0. The average Bonchev–Trinajstić information content (AvgIpc) is 2.44. The number of sulfone groups is 1. The van der Waals surface area contributed by atoms with Crippen LogP contribution in [0.1, 0.15) is 26.3 Å². The second kappa shape index (κ2) is 4.01. The Bertz CT molecular complexity index is 868. The second-order valence-electron chi connectivity index (χ2n) is 4.37. The number of hydrogen-bond acceptors (Lipinski definition) is 4. The summed E-state index contributed by atoms with van der Waals surface area (Å²) < 4.78 is 25.0. The van der Waals surface area contributed by atoms with Gasteiger partial charge in [0.15, 0.2) is 5.78 Å². The lowest BCUT2D eigenvalue weighted by molar-refractivity contribution is 0.0978. The molecule has 6 heteroatoms. The quantitative estimate of drug-likeness (QED) is 0.726. The maximum atomic E-state index is 12.5. The number of primary amides is 1. The molecule has 20 heavy (non-hydrogen) atoms. The van der Waals surface area contributed by atoms with Crippen LogP contribution >= 0.6 is 0 Å². The van der Waals surface area contributed by atoms with Crippen molar-refractivity contribution in [2.45, 2.75) is 9.79 Å². The molecule has 0 radical (unpaired) electrons. The number of hydrogen-bond donors (Lipinski definition) is 1. The van der Waals surface area contributed by atoms with Crippen molar-refractivity contribution in [2.75, 3.05) is 0 Å². The molecule has 5 nitrogen and oxygen atoms in total. The van der Waals surface area contributed by atoms with Crippen molar-refractivity contribution < 1.29 is 18.0 Å². The molecule has 2 aromatic rings. The number of carbonyl (C=O) groups is 2. The molecule has 3 rings (SSSR count). The Morgan fingerprint density at radius 2 is 1.60 bits per heavy atom. The molecular formula is C14H9NO4S. The monoisotopic (exact) mass is 287 g/mol. The highest BCUT2D eigenvalue weighted by Crippen LogP contribution is 2.35. The SMILES string of the molecule is NC(=O)c1cccc2c1C(=O)c1ccccc1S2(=O)=O. The highest BCUT2D eigenvalue weighted by molar-refractivity contribution is 7.91. The third kappa shape index (κ3) is 1.51. The Balaban J connectivity index is 2.47. The molecule has 1 amide bonds. The minimum atomic E-state index is -3.82. The standard InChI is InChI=1S/C14H9NO4S/c15-14(17)9-5-3-7-11-12(9)13(16)8-4-1-2-6-10(8)20(11,18)19/h1-7H,(H2,15,17). The third-order valence-corrected chi connectivity index (χ3v) is 5.08. The number of carbonyl (C=O) groups excluding carboxylic acids is 2. The van der Waals surface area contributed by atoms with Crippen molar-refractivity contribution in [1.82, 2.24) is 0 Å². The van der Waals surface area contributed by atoms with Crippen LogP contribution in [0.15, 0.2) is 52.3 Å². The van der Waals surface area contributed by atoms with Crippen molar-refractivity contribution in [3.63, 3.8) is 0 Å². The molecule has 0 aromatic heterocycles. The lowest BCUT2D eigenvalue weighted by Gasteiger charge is -2.20. The largest absolute Gasteiger partial charge is 0.366 e. The van der Waals surface area contributed by atoms with Crippen molar-refractivity contribution >= 4 is 21.5 Å². The van der Waals surface area contributed by atoms with Crippen molar-refractivity contribution in [1.29, 1.82) is 0 Å². The van der Waals surface area contributed by atoms with Crippen LogP contribution in [0.2, 0.25) is 0 Å². The number of rotatable bonds is 1. The molecule has 0 saturated carbocycles. The van der Waals surface area contributed by atoms with E-state index in [-0.39, 0.29) is 26.5 Å². The van der Waals surface area contributed by atoms with Gasteiger partial charge < -0.3 is 5.73 Å². The maximum absolute atomic E-state index is 12.5. The summed E-state index contributed by atoms with van der Waals surface area (Å²) in [4.78, 5) is 23.7. The van der Waals surface area contributed by atoms with Crippen molar-refractivity contribution in [3.05, 3.63) is 59.2 Å². The van der Waals surface area contributed by atoms with Crippen LogP contribution in [0.5, 0.6) is 0 Å². The lowest BCUT2D eigenvalue weighted by atomic mass is 9.97. The van der Waals surface area contributed by atoms with E-state index in [1.165, 1.54) is 30.3 Å². The molecule has 0 fully saturated rings. The topological polar surface area (TPSA) is 94.3 Å². The Kier molecular flexibility index (Phi) is 2.52. The average molecular weight is 287 g/mol. The molecule has 1 heterocycles. The molecule has 100 valence electrons. The van der Waals surface area contributed by atoms with Gasteiger partial charge in [-0.25, -0.2) is 8.42 Å². The van der Waals surface area contributed by atoms with Crippen LogP contribution in [-0.2, 0) is 9.84 Å². The van der Waals surface area contributed by atoms with Gasteiger partial charge in [0.2, 0.25) is 15.7 Å². The molecule has 0 aliphatic carbocycles. The van der Waals surface area contributed by atoms with Gasteiger partial charge in [0.25, 0.3) is 0 Å². The van der Waals surface area contributed by atoms with Crippen LogP contribution in [0.25, 0.3) is 0 Å². The first-order valence-corrected chi connectivity index (χ1v) is 7.24. The van der Waals surface area contributed by atoms with Crippen LogP contribution in [0.4, 0.5) is 0 Å². The van der Waals surface area contributed by atoms with Gasteiger partial charge in [0.05, 0.1) is 20.9 Å². The van der Waals surface area contributed by atoms with Crippen LogP contribution in [0, 0.1) is 0 Å². The number of ketones is 1. The van der Waals surface area contributed by atoms with Crippen LogP contribution < -0.4 is 5.73 Å². The zero-order valence-electron chi connectivity index (χ0n) is 10.2. The molecule has 0 atom stereocenters. The number of fused-ring (bicyclic) bond motifs is 2. The van der Waals surface area contributed by atoms with Gasteiger partial charge in [-0.2, -0.15) is 0 Å². The molecule has 2 N–H and O–H groups in total. The van der Waals surface area contributed by atoms with Gasteiger partial charge in [-0.15, -0.1) is 0 Å². The molecule has 0 saturated heterocycles. The summed E-state index contributed by atoms with van der Waals surface area (Å²) in [6.07, 6.45) is 0. The molecule has 2 aromatic carbocycles. The number of amides is 1. The highest BCUT2D eigenvalue weighted by Gasteiger charge is 2.36. The second-order valence-corrected chi connectivity index (χ2v) is 6.26. The summed E-state index contributed by atoms with van der Waals surface area (Å²) in [5.74, 6) is -1.33. The first kappa shape index (κ1) is 12.6. The van der Waals surface area contributed by atoms with E-state index in [1.807, 2.05) is 0 Å². The normalized spacial score (nSPS) is 15.3. The first-order chi connectivity index (χ1) is 9.44. The Hall–Kier alpha value is -2.47. The summed E-state index contributed by atoms with van der Waals surface area (Å²) in [7, 11) is -3.82. The summed E-state index contributed by atoms with van der Waals surface area (Å²) in [6, 6.07) is 9.99. The van der Waals surface area contributed by atoms with E-state index >= 15 is 0 Å². The summed E-state index contributed by atoms with van der Waals surface area (Å²) in [5.41, 5.74) is 5.07. The Morgan fingerprint density at radius 3 is 2.30 bits per heavy atom. The minimum absolute atomic E-state index is 0.0425. The van der Waals surface area contributed by atoms with E-state index in [9.17, 15) is 18.0 Å². The van der Waals surface area contributed by atoms with E-state index in [0.717, 1.165) is 0 Å². The van der Waals surface area contributed by atoms with Gasteiger partial charge in [-0.3, -0.25) is 9.59 Å². The van der Waals surface area contributed by atoms with Crippen molar-refractivity contribution in [3.8, 4) is 0 Å². The summed E-state index contributed by atoms with van der Waals surface area (Å²) >= 11 is 0.